The SMILES string of the molecule is CCNS(=O)(=O)c1ccc(Oc2ccccc2)cc1. The summed E-state index contributed by atoms with van der Waals surface area (Å²) in [6.45, 7) is 2.11. The minimum absolute atomic E-state index is 0.231. The summed E-state index contributed by atoms with van der Waals surface area (Å²) >= 11 is 0. The Morgan fingerprint density at radius 1 is 0.947 bits per heavy atom. The lowest BCUT2D eigenvalue weighted by molar-refractivity contribution is 0.482. The lowest BCUT2D eigenvalue weighted by atomic mass is 10.3. The molecule has 0 saturated heterocycles. The number of benzene rings is 2. The van der Waals surface area contributed by atoms with E-state index < -0.39 is 10.0 Å². The Labute approximate surface area is 113 Å². The van der Waals surface area contributed by atoms with E-state index >= 15 is 0 Å². The lowest BCUT2D eigenvalue weighted by Crippen LogP contribution is -2.22. The van der Waals surface area contributed by atoms with Gasteiger partial charge >= 0.3 is 0 Å². The van der Waals surface area contributed by atoms with Gasteiger partial charge in [0.05, 0.1) is 4.90 Å². The van der Waals surface area contributed by atoms with E-state index in [0.717, 1.165) is 0 Å². The molecule has 0 heterocycles. The van der Waals surface area contributed by atoms with Gasteiger partial charge in [-0.15, -0.1) is 0 Å². The fraction of sp³-hybridized carbons (Fsp3) is 0.143. The number of ether oxygens (including phenoxy) is 1. The normalized spacial score (nSPS) is 11.2. The van der Waals surface area contributed by atoms with Gasteiger partial charge in [0.15, 0.2) is 0 Å². The molecule has 0 aliphatic rings. The van der Waals surface area contributed by atoms with Crippen LogP contribution in [0.2, 0.25) is 0 Å². The molecule has 2 aromatic rings. The molecule has 100 valence electrons. The van der Waals surface area contributed by atoms with E-state index in [2.05, 4.69) is 4.72 Å². The standard InChI is InChI=1S/C14H15NO3S/c1-2-15-19(16,17)14-10-8-13(9-11-14)18-12-6-4-3-5-7-12/h3-11,15H,2H2,1H3. The van der Waals surface area contributed by atoms with E-state index in [1.807, 2.05) is 30.3 Å². The number of nitrogens with one attached hydrogen (secondary N) is 1. The van der Waals surface area contributed by atoms with Crippen molar-refractivity contribution in [3.8, 4) is 11.5 Å². The molecule has 0 radical (unpaired) electrons. The third-order valence-corrected chi connectivity index (χ3v) is 4.01. The zero-order valence-electron chi connectivity index (χ0n) is 10.5. The number of sulfonamides is 1. The Balaban J connectivity index is 2.15. The molecular weight excluding hydrogens is 262 g/mol. The highest BCUT2D eigenvalue weighted by Crippen LogP contribution is 2.22. The van der Waals surface area contributed by atoms with Crippen LogP contribution in [0.1, 0.15) is 6.92 Å². The Bertz CT molecular complexity index is 622. The van der Waals surface area contributed by atoms with Crippen molar-refractivity contribution in [2.45, 2.75) is 11.8 Å². The number of para-hydroxylation sites is 1. The summed E-state index contributed by atoms with van der Waals surface area (Å²) in [7, 11) is -3.41. The minimum Gasteiger partial charge on any atom is -0.457 e. The third-order valence-electron chi connectivity index (χ3n) is 2.45. The maximum atomic E-state index is 11.7. The van der Waals surface area contributed by atoms with Crippen LogP contribution in [-0.2, 0) is 10.0 Å². The van der Waals surface area contributed by atoms with Crippen molar-refractivity contribution in [1.82, 2.24) is 4.72 Å². The second kappa shape index (κ2) is 5.86. The molecule has 0 aromatic heterocycles. The predicted octanol–water partition coefficient (Wildman–Crippen LogP) is 2.78. The van der Waals surface area contributed by atoms with Crippen LogP contribution in [0, 0.1) is 0 Å². The van der Waals surface area contributed by atoms with E-state index in [9.17, 15) is 8.42 Å². The Morgan fingerprint density at radius 2 is 1.53 bits per heavy atom. The van der Waals surface area contributed by atoms with Gasteiger partial charge in [-0.05, 0) is 36.4 Å². The van der Waals surface area contributed by atoms with Crippen molar-refractivity contribution in [2.24, 2.45) is 0 Å². The minimum atomic E-state index is -3.41. The summed E-state index contributed by atoms with van der Waals surface area (Å²) in [4.78, 5) is 0.231. The topological polar surface area (TPSA) is 55.4 Å². The van der Waals surface area contributed by atoms with Crippen LogP contribution in [0.25, 0.3) is 0 Å². The molecule has 0 unspecified atom stereocenters. The van der Waals surface area contributed by atoms with E-state index in [4.69, 9.17) is 4.74 Å². The molecule has 2 rings (SSSR count). The average Bonchev–Trinajstić information content (AvgIpc) is 2.40. The Kier molecular flexibility index (Phi) is 4.19. The molecule has 1 N–H and O–H groups in total. The summed E-state index contributed by atoms with van der Waals surface area (Å²) in [5.41, 5.74) is 0. The monoisotopic (exact) mass is 277 g/mol. The van der Waals surface area contributed by atoms with Gasteiger partial charge in [-0.1, -0.05) is 25.1 Å². The van der Waals surface area contributed by atoms with Gasteiger partial charge in [0.1, 0.15) is 11.5 Å². The van der Waals surface area contributed by atoms with Gasteiger partial charge in [0.2, 0.25) is 10.0 Å². The lowest BCUT2D eigenvalue weighted by Gasteiger charge is -2.07. The zero-order valence-corrected chi connectivity index (χ0v) is 11.4. The van der Waals surface area contributed by atoms with E-state index in [-0.39, 0.29) is 4.90 Å². The first kappa shape index (κ1) is 13.6. The molecule has 0 atom stereocenters. The van der Waals surface area contributed by atoms with Gasteiger partial charge in [-0.3, -0.25) is 0 Å². The molecule has 0 bridgehead atoms. The van der Waals surface area contributed by atoms with Crippen LogP contribution in [0.15, 0.2) is 59.5 Å². The Hall–Kier alpha value is -1.85. The van der Waals surface area contributed by atoms with Crippen LogP contribution >= 0.6 is 0 Å². The molecule has 0 aliphatic heterocycles. The van der Waals surface area contributed by atoms with Crippen LogP contribution in [0.5, 0.6) is 11.5 Å². The summed E-state index contributed by atoms with van der Waals surface area (Å²) in [5.74, 6) is 1.31. The molecule has 0 aliphatic carbocycles. The number of hydrogen-bond acceptors (Lipinski definition) is 3. The molecule has 5 heteroatoms. The molecule has 4 nitrogen and oxygen atoms in total. The molecule has 0 spiro atoms. The van der Waals surface area contributed by atoms with Crippen molar-refractivity contribution in [2.75, 3.05) is 6.54 Å². The van der Waals surface area contributed by atoms with Crippen molar-refractivity contribution in [3.63, 3.8) is 0 Å². The maximum absolute atomic E-state index is 11.7. The van der Waals surface area contributed by atoms with Crippen molar-refractivity contribution < 1.29 is 13.2 Å². The van der Waals surface area contributed by atoms with Gasteiger partial charge in [-0.25, -0.2) is 13.1 Å². The number of hydrogen-bond donors (Lipinski definition) is 1. The smallest absolute Gasteiger partial charge is 0.240 e. The van der Waals surface area contributed by atoms with E-state index in [1.54, 1.807) is 19.1 Å². The quantitative estimate of drug-likeness (QED) is 0.914. The first-order valence-electron chi connectivity index (χ1n) is 5.94. The first-order chi connectivity index (χ1) is 9.12. The Morgan fingerprint density at radius 3 is 2.11 bits per heavy atom. The van der Waals surface area contributed by atoms with E-state index in [1.165, 1.54) is 12.1 Å². The van der Waals surface area contributed by atoms with Crippen LogP contribution in [-0.4, -0.2) is 15.0 Å². The van der Waals surface area contributed by atoms with Crippen molar-refractivity contribution in [1.29, 1.82) is 0 Å². The maximum Gasteiger partial charge on any atom is 0.240 e. The third kappa shape index (κ3) is 3.56. The van der Waals surface area contributed by atoms with Gasteiger partial charge in [0, 0.05) is 6.54 Å². The average molecular weight is 277 g/mol. The predicted molar refractivity (Wildman–Crippen MR) is 73.8 cm³/mol. The van der Waals surface area contributed by atoms with Crippen LogP contribution in [0.4, 0.5) is 0 Å². The highest BCUT2D eigenvalue weighted by Gasteiger charge is 2.12. The fourth-order valence-corrected chi connectivity index (χ4v) is 2.63. The second-order valence-electron chi connectivity index (χ2n) is 3.89. The first-order valence-corrected chi connectivity index (χ1v) is 7.43. The van der Waals surface area contributed by atoms with E-state index in [0.29, 0.717) is 18.0 Å². The summed E-state index contributed by atoms with van der Waals surface area (Å²) < 4.78 is 31.5. The molecular formula is C14H15NO3S. The van der Waals surface area contributed by atoms with Crippen molar-refractivity contribution in [3.05, 3.63) is 54.6 Å². The summed E-state index contributed by atoms with van der Waals surface area (Å²) in [6, 6.07) is 15.6. The molecule has 0 saturated carbocycles. The largest absolute Gasteiger partial charge is 0.457 e. The fourth-order valence-electron chi connectivity index (χ4n) is 1.58. The van der Waals surface area contributed by atoms with Gasteiger partial charge in [-0.2, -0.15) is 0 Å². The van der Waals surface area contributed by atoms with Crippen LogP contribution < -0.4 is 9.46 Å². The molecule has 0 amide bonds. The number of rotatable bonds is 5. The van der Waals surface area contributed by atoms with Gasteiger partial charge < -0.3 is 4.74 Å². The van der Waals surface area contributed by atoms with Crippen LogP contribution in [0.3, 0.4) is 0 Å². The summed E-state index contributed by atoms with van der Waals surface area (Å²) in [5, 5.41) is 0. The highest BCUT2D eigenvalue weighted by molar-refractivity contribution is 7.89. The molecule has 2 aromatic carbocycles. The summed E-state index contributed by atoms with van der Waals surface area (Å²) in [6.07, 6.45) is 0. The highest BCUT2D eigenvalue weighted by atomic mass is 32.2. The molecule has 0 fully saturated rings. The van der Waals surface area contributed by atoms with Gasteiger partial charge in [0.25, 0.3) is 0 Å². The molecule has 19 heavy (non-hydrogen) atoms. The van der Waals surface area contributed by atoms with Crippen molar-refractivity contribution >= 4 is 10.0 Å². The zero-order chi connectivity index (χ0) is 13.7. The second-order valence-corrected chi connectivity index (χ2v) is 5.65.